The van der Waals surface area contributed by atoms with Crippen LogP contribution in [0.25, 0.3) is 10.9 Å². The molecule has 0 unspecified atom stereocenters. The number of hydrogen-bond donors (Lipinski definition) is 1. The number of benzene rings is 2. The number of aromatic nitrogens is 1. The molecule has 0 spiro atoms. The van der Waals surface area contributed by atoms with Crippen molar-refractivity contribution in [1.82, 2.24) is 9.88 Å². The molecule has 4 nitrogen and oxygen atoms in total. The van der Waals surface area contributed by atoms with Crippen LogP contribution in [0.2, 0.25) is 5.02 Å². The lowest BCUT2D eigenvalue weighted by molar-refractivity contribution is 0.0793. The van der Waals surface area contributed by atoms with Gasteiger partial charge in [0.25, 0.3) is 5.91 Å². The summed E-state index contributed by atoms with van der Waals surface area (Å²) in [5, 5.41) is 4.69. The summed E-state index contributed by atoms with van der Waals surface area (Å²) in [6.07, 6.45) is 4.39. The Hall–Kier alpha value is -2.66. The van der Waals surface area contributed by atoms with Gasteiger partial charge >= 0.3 is 0 Å². The highest BCUT2D eigenvalue weighted by Gasteiger charge is 2.23. The number of likely N-dealkylation sites (tertiary alicyclic amines) is 1. The van der Waals surface area contributed by atoms with E-state index < -0.39 is 0 Å². The van der Waals surface area contributed by atoms with Gasteiger partial charge in [-0.2, -0.15) is 0 Å². The minimum absolute atomic E-state index is 0.0508. The van der Waals surface area contributed by atoms with Gasteiger partial charge in [-0.05, 0) is 55.2 Å². The highest BCUT2D eigenvalue weighted by Crippen LogP contribution is 2.28. The van der Waals surface area contributed by atoms with Crippen molar-refractivity contribution in [3.05, 3.63) is 70.6 Å². The monoisotopic (exact) mass is 397 g/mol. The molecule has 28 heavy (non-hydrogen) atoms. The van der Waals surface area contributed by atoms with Crippen LogP contribution in [-0.4, -0.2) is 35.4 Å². The Labute approximate surface area is 168 Å². The molecule has 2 heterocycles. The summed E-state index contributed by atoms with van der Waals surface area (Å²) in [5.41, 5.74) is 2.94. The van der Waals surface area contributed by atoms with Crippen LogP contribution in [0.3, 0.4) is 0 Å². The van der Waals surface area contributed by atoms with Gasteiger partial charge < -0.3 is 10.2 Å². The number of amides is 1. The summed E-state index contributed by atoms with van der Waals surface area (Å²) in [6.45, 7) is 2.12. The van der Waals surface area contributed by atoms with Crippen molar-refractivity contribution in [2.75, 3.05) is 25.0 Å². The van der Waals surface area contributed by atoms with Crippen LogP contribution >= 0.6 is 11.6 Å². The van der Waals surface area contributed by atoms with E-state index in [1.807, 2.05) is 29.2 Å². The smallest absolute Gasteiger partial charge is 0.257 e. The molecule has 0 aliphatic carbocycles. The molecule has 1 aromatic heterocycles. The minimum Gasteiger partial charge on any atom is -0.383 e. The molecular formula is C22H21ClFN3O. The Morgan fingerprint density at radius 3 is 2.64 bits per heavy atom. The maximum Gasteiger partial charge on any atom is 0.257 e. The second kappa shape index (κ2) is 8.15. The third-order valence-corrected chi connectivity index (χ3v) is 5.33. The summed E-state index contributed by atoms with van der Waals surface area (Å²) in [7, 11) is 0. The third kappa shape index (κ3) is 3.94. The highest BCUT2D eigenvalue weighted by atomic mass is 35.5. The van der Waals surface area contributed by atoms with Gasteiger partial charge in [0.2, 0.25) is 0 Å². The van der Waals surface area contributed by atoms with E-state index in [4.69, 9.17) is 11.6 Å². The average Bonchev–Trinajstić information content (AvgIpc) is 3.24. The van der Waals surface area contributed by atoms with Gasteiger partial charge in [0.1, 0.15) is 5.82 Å². The zero-order valence-electron chi connectivity index (χ0n) is 15.4. The molecule has 1 saturated heterocycles. The van der Waals surface area contributed by atoms with E-state index >= 15 is 0 Å². The zero-order valence-corrected chi connectivity index (χ0v) is 16.2. The van der Waals surface area contributed by atoms with Gasteiger partial charge in [0.15, 0.2) is 0 Å². The van der Waals surface area contributed by atoms with Gasteiger partial charge in [-0.15, -0.1) is 0 Å². The number of carbonyl (C=O) groups excluding carboxylic acids is 1. The number of nitrogens with one attached hydrogen (secondary N) is 1. The van der Waals surface area contributed by atoms with Gasteiger partial charge in [-0.25, -0.2) is 4.39 Å². The molecule has 144 valence electrons. The van der Waals surface area contributed by atoms with E-state index in [-0.39, 0.29) is 11.7 Å². The molecule has 1 N–H and O–H groups in total. The van der Waals surface area contributed by atoms with E-state index in [1.165, 1.54) is 12.1 Å². The number of anilines is 1. The number of fused-ring (bicyclic) bond motifs is 1. The second-order valence-corrected chi connectivity index (χ2v) is 7.45. The van der Waals surface area contributed by atoms with E-state index in [1.54, 1.807) is 12.3 Å². The molecule has 1 aliphatic rings. The summed E-state index contributed by atoms with van der Waals surface area (Å²) >= 11 is 5.94. The van der Waals surface area contributed by atoms with Crippen molar-refractivity contribution in [2.24, 2.45) is 0 Å². The Balaban J connectivity index is 1.64. The second-order valence-electron chi connectivity index (χ2n) is 7.01. The summed E-state index contributed by atoms with van der Waals surface area (Å²) in [5.74, 6) is -0.397. The number of hydrogen-bond acceptors (Lipinski definition) is 3. The van der Waals surface area contributed by atoms with Crippen LogP contribution in [0.4, 0.5) is 10.1 Å². The van der Waals surface area contributed by atoms with Crippen molar-refractivity contribution < 1.29 is 9.18 Å². The maximum absolute atomic E-state index is 13.9. The summed E-state index contributed by atoms with van der Waals surface area (Å²) in [6, 6.07) is 12.1. The van der Waals surface area contributed by atoms with Crippen LogP contribution in [-0.2, 0) is 6.42 Å². The molecule has 1 fully saturated rings. The van der Waals surface area contributed by atoms with Crippen LogP contribution in [0.5, 0.6) is 0 Å². The van der Waals surface area contributed by atoms with Gasteiger partial charge in [-0.1, -0.05) is 23.7 Å². The fourth-order valence-corrected chi connectivity index (χ4v) is 3.72. The molecule has 1 aliphatic heterocycles. The third-order valence-electron chi connectivity index (χ3n) is 5.08. The van der Waals surface area contributed by atoms with Gasteiger partial charge in [0.05, 0.1) is 16.8 Å². The van der Waals surface area contributed by atoms with Crippen molar-refractivity contribution in [2.45, 2.75) is 19.3 Å². The first-order valence-corrected chi connectivity index (χ1v) is 9.85. The topological polar surface area (TPSA) is 45.2 Å². The number of pyridine rings is 1. The zero-order chi connectivity index (χ0) is 19.5. The van der Waals surface area contributed by atoms with Gasteiger partial charge in [0, 0.05) is 36.2 Å². The normalized spacial score (nSPS) is 13.9. The first-order chi connectivity index (χ1) is 13.6. The lowest BCUT2D eigenvalue weighted by Gasteiger charge is -2.19. The predicted molar refractivity (Wildman–Crippen MR) is 110 cm³/mol. The number of rotatable bonds is 5. The van der Waals surface area contributed by atoms with E-state index in [9.17, 15) is 9.18 Å². The summed E-state index contributed by atoms with van der Waals surface area (Å²) in [4.78, 5) is 19.2. The Morgan fingerprint density at radius 2 is 1.89 bits per heavy atom. The first kappa shape index (κ1) is 18.7. The summed E-state index contributed by atoms with van der Waals surface area (Å²) < 4.78 is 13.9. The SMILES string of the molecule is O=C(c1cnc2ccc(F)cc2c1NCCc1ccc(Cl)cc1)N1CCCC1. The molecule has 0 radical (unpaired) electrons. The number of nitrogens with zero attached hydrogens (tertiary/aromatic N) is 2. The van der Waals surface area contributed by atoms with Crippen molar-refractivity contribution >= 4 is 34.1 Å². The molecule has 4 rings (SSSR count). The van der Waals surface area contributed by atoms with Crippen LogP contribution in [0, 0.1) is 5.82 Å². The van der Waals surface area contributed by atoms with Crippen molar-refractivity contribution in [3.8, 4) is 0 Å². The Morgan fingerprint density at radius 1 is 1.14 bits per heavy atom. The van der Waals surface area contributed by atoms with Crippen LogP contribution in [0.1, 0.15) is 28.8 Å². The Kier molecular flexibility index (Phi) is 5.44. The predicted octanol–water partition coefficient (Wildman–Crippen LogP) is 4.92. The van der Waals surface area contributed by atoms with Crippen molar-refractivity contribution in [3.63, 3.8) is 0 Å². The van der Waals surface area contributed by atoms with Crippen LogP contribution in [0.15, 0.2) is 48.7 Å². The standard InChI is InChI=1S/C22H21ClFN3O/c23-16-5-3-15(4-6-16)9-10-25-21-18-13-17(24)7-8-20(18)26-14-19(21)22(28)27-11-1-2-12-27/h3-8,13-14H,1-2,9-12H2,(H,25,26). The van der Waals surface area contributed by atoms with E-state index in [0.29, 0.717) is 33.7 Å². The maximum atomic E-state index is 13.9. The molecule has 0 saturated carbocycles. The Bertz CT molecular complexity index is 1000. The quantitative estimate of drug-likeness (QED) is 0.664. The number of halogens is 2. The fraction of sp³-hybridized carbons (Fsp3) is 0.273. The lowest BCUT2D eigenvalue weighted by Crippen LogP contribution is -2.28. The molecule has 6 heteroatoms. The lowest BCUT2D eigenvalue weighted by atomic mass is 10.1. The van der Waals surface area contributed by atoms with Gasteiger partial charge in [-0.3, -0.25) is 9.78 Å². The van der Waals surface area contributed by atoms with Crippen LogP contribution < -0.4 is 5.32 Å². The largest absolute Gasteiger partial charge is 0.383 e. The van der Waals surface area contributed by atoms with E-state index in [0.717, 1.165) is 37.9 Å². The number of carbonyl (C=O) groups is 1. The molecule has 0 atom stereocenters. The minimum atomic E-state index is -0.346. The molecule has 1 amide bonds. The molecule has 3 aromatic rings. The highest BCUT2D eigenvalue weighted by molar-refractivity contribution is 6.30. The molecular weight excluding hydrogens is 377 g/mol. The average molecular weight is 398 g/mol. The molecule has 2 aromatic carbocycles. The van der Waals surface area contributed by atoms with E-state index in [2.05, 4.69) is 10.3 Å². The first-order valence-electron chi connectivity index (χ1n) is 9.48. The van der Waals surface area contributed by atoms with Crippen molar-refractivity contribution in [1.29, 1.82) is 0 Å². The fourth-order valence-electron chi connectivity index (χ4n) is 3.59. The molecule has 0 bridgehead atoms.